The average Bonchev–Trinajstić information content (AvgIpc) is 3.56. The van der Waals surface area contributed by atoms with Crippen LogP contribution in [0, 0.1) is 6.92 Å². The number of rotatable bonds is 6. The standard InChI is InChI=1S/C51H35N/c1-34-15-17-37(18-16-34)43-30-44(38-21-19-36(20-22-38)35-9-4-2-5-10-35)32-45(31-43)39-23-25-40(26-24-39)46-29-42-28-27-41-11-8-14-48-50(41)51(42)49(33-46)52(48)47-12-6-3-7-13-47/h2-33H,1H3. The van der Waals surface area contributed by atoms with E-state index >= 15 is 0 Å². The lowest BCUT2D eigenvalue weighted by Gasteiger charge is -2.13. The average molecular weight is 662 g/mol. The number of benzene rings is 9. The first-order chi connectivity index (χ1) is 25.7. The molecule has 10 aromatic rings. The summed E-state index contributed by atoms with van der Waals surface area (Å²) in [5.74, 6) is 0. The fourth-order valence-electron chi connectivity index (χ4n) is 7.93. The summed E-state index contributed by atoms with van der Waals surface area (Å²) in [6.07, 6.45) is 0. The van der Waals surface area contributed by atoms with Crippen LogP contribution in [0.25, 0.3) is 93.9 Å². The third kappa shape index (κ3) is 5.18. The summed E-state index contributed by atoms with van der Waals surface area (Å²) in [6, 6.07) is 71.2. The van der Waals surface area contributed by atoms with Gasteiger partial charge in [-0.15, -0.1) is 0 Å². The maximum atomic E-state index is 2.42. The van der Waals surface area contributed by atoms with E-state index in [0.29, 0.717) is 0 Å². The van der Waals surface area contributed by atoms with Gasteiger partial charge in [0, 0.05) is 16.5 Å². The minimum absolute atomic E-state index is 1.18. The van der Waals surface area contributed by atoms with Crippen molar-refractivity contribution in [3.05, 3.63) is 200 Å². The first kappa shape index (κ1) is 30.2. The summed E-state index contributed by atoms with van der Waals surface area (Å²) in [7, 11) is 0. The lowest BCUT2D eigenvalue weighted by Crippen LogP contribution is -1.93. The fraction of sp³-hybridized carbons (Fsp3) is 0.0196. The molecule has 1 heteroatoms. The molecule has 1 heterocycles. The number of aryl methyl sites for hydroxylation is 1. The maximum absolute atomic E-state index is 2.42. The zero-order chi connectivity index (χ0) is 34.6. The Morgan fingerprint density at radius 1 is 0.288 bits per heavy atom. The highest BCUT2D eigenvalue weighted by molar-refractivity contribution is 6.25. The Kier molecular flexibility index (Phi) is 7.11. The molecule has 0 aliphatic rings. The number of para-hydroxylation sites is 1. The van der Waals surface area contributed by atoms with Crippen LogP contribution in [0.2, 0.25) is 0 Å². The van der Waals surface area contributed by atoms with E-state index in [1.54, 1.807) is 0 Å². The Morgan fingerprint density at radius 2 is 0.731 bits per heavy atom. The van der Waals surface area contributed by atoms with E-state index in [1.807, 2.05) is 0 Å². The number of nitrogens with zero attached hydrogens (tertiary/aromatic N) is 1. The first-order valence-electron chi connectivity index (χ1n) is 18.0. The van der Waals surface area contributed by atoms with Gasteiger partial charge in [-0.3, -0.25) is 0 Å². The van der Waals surface area contributed by atoms with E-state index in [2.05, 4.69) is 206 Å². The lowest BCUT2D eigenvalue weighted by atomic mass is 9.91. The van der Waals surface area contributed by atoms with Crippen LogP contribution in [0.1, 0.15) is 5.56 Å². The molecule has 244 valence electrons. The molecule has 52 heavy (non-hydrogen) atoms. The van der Waals surface area contributed by atoms with Gasteiger partial charge in [0.1, 0.15) is 0 Å². The SMILES string of the molecule is Cc1ccc(-c2cc(-c3ccc(-c4ccccc4)cc3)cc(-c3ccc(-c4cc5ccc6cccc7c6c5c(c4)n7-c4ccccc4)cc3)c2)cc1. The second-order valence-electron chi connectivity index (χ2n) is 13.9. The molecule has 0 aliphatic carbocycles. The minimum atomic E-state index is 1.18. The molecule has 0 saturated heterocycles. The molecule has 1 nitrogen and oxygen atoms in total. The molecule has 0 radical (unpaired) electrons. The van der Waals surface area contributed by atoms with Crippen LogP contribution < -0.4 is 0 Å². The van der Waals surface area contributed by atoms with E-state index in [0.717, 1.165) is 0 Å². The second kappa shape index (κ2) is 12.3. The molecule has 0 amide bonds. The minimum Gasteiger partial charge on any atom is -0.309 e. The molecule has 0 aliphatic heterocycles. The smallest absolute Gasteiger partial charge is 0.0553 e. The Hall–Kier alpha value is -6.70. The van der Waals surface area contributed by atoms with Gasteiger partial charge in [-0.25, -0.2) is 0 Å². The monoisotopic (exact) mass is 661 g/mol. The molecule has 1 aromatic heterocycles. The van der Waals surface area contributed by atoms with Crippen LogP contribution in [0.15, 0.2) is 194 Å². The molecule has 0 fully saturated rings. The predicted molar refractivity (Wildman–Crippen MR) is 221 cm³/mol. The number of aromatic nitrogens is 1. The summed E-state index contributed by atoms with van der Waals surface area (Å²) >= 11 is 0. The van der Waals surface area contributed by atoms with Crippen molar-refractivity contribution in [2.45, 2.75) is 6.92 Å². The van der Waals surface area contributed by atoms with Crippen LogP contribution in [0.5, 0.6) is 0 Å². The summed E-state index contributed by atoms with van der Waals surface area (Å²) in [4.78, 5) is 0. The van der Waals surface area contributed by atoms with Crippen molar-refractivity contribution in [2.24, 2.45) is 0 Å². The summed E-state index contributed by atoms with van der Waals surface area (Å²) in [6.45, 7) is 2.14. The van der Waals surface area contributed by atoms with E-state index < -0.39 is 0 Å². The van der Waals surface area contributed by atoms with Gasteiger partial charge >= 0.3 is 0 Å². The molecule has 0 bridgehead atoms. The van der Waals surface area contributed by atoms with Crippen LogP contribution in [0.3, 0.4) is 0 Å². The second-order valence-corrected chi connectivity index (χ2v) is 13.9. The van der Waals surface area contributed by atoms with Crippen molar-refractivity contribution in [1.29, 1.82) is 0 Å². The molecule has 0 N–H and O–H groups in total. The van der Waals surface area contributed by atoms with Gasteiger partial charge in [-0.1, -0.05) is 151 Å². The Labute approximate surface area is 304 Å². The molecule has 10 rings (SSSR count). The molecule has 0 atom stereocenters. The molecular weight excluding hydrogens is 627 g/mol. The van der Waals surface area contributed by atoms with Crippen LogP contribution in [-0.2, 0) is 0 Å². The Morgan fingerprint density at radius 3 is 1.31 bits per heavy atom. The highest BCUT2D eigenvalue weighted by Crippen LogP contribution is 2.42. The summed E-state index contributed by atoms with van der Waals surface area (Å²) in [5.41, 5.74) is 17.1. The third-order valence-electron chi connectivity index (χ3n) is 10.6. The summed E-state index contributed by atoms with van der Waals surface area (Å²) < 4.78 is 2.42. The number of hydrogen-bond acceptors (Lipinski definition) is 0. The highest BCUT2D eigenvalue weighted by atomic mass is 15.0. The lowest BCUT2D eigenvalue weighted by molar-refractivity contribution is 1.18. The van der Waals surface area contributed by atoms with Crippen LogP contribution in [-0.4, -0.2) is 4.57 Å². The molecule has 9 aromatic carbocycles. The van der Waals surface area contributed by atoms with Gasteiger partial charge in [0.25, 0.3) is 0 Å². The molecule has 0 saturated carbocycles. The van der Waals surface area contributed by atoms with Gasteiger partial charge in [-0.05, 0) is 122 Å². The van der Waals surface area contributed by atoms with Gasteiger partial charge in [0.2, 0.25) is 0 Å². The largest absolute Gasteiger partial charge is 0.309 e. The normalized spacial score (nSPS) is 11.6. The van der Waals surface area contributed by atoms with E-state index in [-0.39, 0.29) is 0 Å². The van der Waals surface area contributed by atoms with Crippen molar-refractivity contribution >= 4 is 32.6 Å². The van der Waals surface area contributed by atoms with Gasteiger partial charge in [-0.2, -0.15) is 0 Å². The number of hydrogen-bond donors (Lipinski definition) is 0. The maximum Gasteiger partial charge on any atom is 0.0553 e. The molecule has 0 spiro atoms. The topological polar surface area (TPSA) is 4.93 Å². The Balaban J connectivity index is 1.07. The predicted octanol–water partition coefficient (Wildman–Crippen LogP) is 14.0. The molecular formula is C51H35N. The Bertz CT molecular complexity index is 2840. The first-order valence-corrected chi connectivity index (χ1v) is 18.0. The van der Waals surface area contributed by atoms with Gasteiger partial charge in [0.15, 0.2) is 0 Å². The summed E-state index contributed by atoms with van der Waals surface area (Å²) in [5, 5.41) is 5.21. The zero-order valence-electron chi connectivity index (χ0n) is 28.9. The van der Waals surface area contributed by atoms with E-state index in [1.165, 1.54) is 99.5 Å². The van der Waals surface area contributed by atoms with Crippen molar-refractivity contribution in [1.82, 2.24) is 4.57 Å². The zero-order valence-corrected chi connectivity index (χ0v) is 28.9. The highest BCUT2D eigenvalue weighted by Gasteiger charge is 2.18. The van der Waals surface area contributed by atoms with Crippen molar-refractivity contribution in [3.8, 4) is 61.3 Å². The molecule has 0 unspecified atom stereocenters. The van der Waals surface area contributed by atoms with Crippen molar-refractivity contribution in [3.63, 3.8) is 0 Å². The quantitative estimate of drug-likeness (QED) is 0.156. The van der Waals surface area contributed by atoms with Crippen LogP contribution >= 0.6 is 0 Å². The van der Waals surface area contributed by atoms with Crippen molar-refractivity contribution in [2.75, 3.05) is 0 Å². The third-order valence-corrected chi connectivity index (χ3v) is 10.6. The van der Waals surface area contributed by atoms with E-state index in [4.69, 9.17) is 0 Å². The fourth-order valence-corrected chi connectivity index (χ4v) is 7.93. The van der Waals surface area contributed by atoms with Crippen LogP contribution in [0.4, 0.5) is 0 Å². The van der Waals surface area contributed by atoms with Crippen molar-refractivity contribution < 1.29 is 0 Å². The van der Waals surface area contributed by atoms with Gasteiger partial charge in [0.05, 0.1) is 11.0 Å². The van der Waals surface area contributed by atoms with Gasteiger partial charge < -0.3 is 4.57 Å². The van der Waals surface area contributed by atoms with E-state index in [9.17, 15) is 0 Å².